The van der Waals surface area contributed by atoms with E-state index in [9.17, 15) is 4.79 Å². The van der Waals surface area contributed by atoms with E-state index < -0.39 is 5.97 Å². The number of aromatic carboxylic acids is 1. The minimum atomic E-state index is -0.910. The average molecular weight is 259 g/mol. The van der Waals surface area contributed by atoms with E-state index in [0.29, 0.717) is 17.8 Å². The molecule has 1 aromatic carbocycles. The van der Waals surface area contributed by atoms with Crippen LogP contribution in [-0.4, -0.2) is 27.4 Å². The molecule has 0 saturated carbocycles. The molecule has 0 aliphatic carbocycles. The molecule has 0 fully saturated rings. The van der Waals surface area contributed by atoms with Crippen LogP contribution in [-0.2, 0) is 13.5 Å². The van der Waals surface area contributed by atoms with Gasteiger partial charge in [-0.3, -0.25) is 4.68 Å². The Balaban J connectivity index is 2.07. The number of benzene rings is 1. The molecule has 1 heterocycles. The zero-order valence-electron chi connectivity index (χ0n) is 11.1. The summed E-state index contributed by atoms with van der Waals surface area (Å²) in [5.41, 5.74) is 3.05. The zero-order valence-corrected chi connectivity index (χ0v) is 11.1. The van der Waals surface area contributed by atoms with Gasteiger partial charge in [0.25, 0.3) is 0 Å². The van der Waals surface area contributed by atoms with Crippen LogP contribution in [0.5, 0.6) is 0 Å². The molecule has 0 unspecified atom stereocenters. The van der Waals surface area contributed by atoms with Crippen LogP contribution in [0.15, 0.2) is 30.5 Å². The quantitative estimate of drug-likeness (QED) is 0.862. The minimum Gasteiger partial charge on any atom is -0.478 e. The maximum atomic E-state index is 11.2. The first kappa shape index (κ1) is 13.1. The van der Waals surface area contributed by atoms with Crippen molar-refractivity contribution in [3.8, 4) is 0 Å². The summed E-state index contributed by atoms with van der Waals surface area (Å²) >= 11 is 0. The van der Waals surface area contributed by atoms with Crippen LogP contribution in [0.4, 0.5) is 5.69 Å². The smallest absolute Gasteiger partial charge is 0.337 e. The van der Waals surface area contributed by atoms with Gasteiger partial charge >= 0.3 is 5.97 Å². The lowest BCUT2D eigenvalue weighted by atomic mass is 10.1. The average Bonchev–Trinajstić information content (AvgIpc) is 2.77. The van der Waals surface area contributed by atoms with Gasteiger partial charge in [0, 0.05) is 31.9 Å². The fourth-order valence-electron chi connectivity index (χ4n) is 2.04. The molecule has 100 valence electrons. The second-order valence-electron chi connectivity index (χ2n) is 4.43. The first-order valence-electron chi connectivity index (χ1n) is 6.13. The van der Waals surface area contributed by atoms with Gasteiger partial charge in [-0.2, -0.15) is 5.10 Å². The molecule has 2 aromatic rings. The second kappa shape index (κ2) is 5.56. The Hall–Kier alpha value is -2.30. The van der Waals surface area contributed by atoms with Gasteiger partial charge in [-0.05, 0) is 24.6 Å². The molecule has 0 aliphatic heterocycles. The summed E-state index contributed by atoms with van der Waals surface area (Å²) in [6.07, 6.45) is 2.55. The van der Waals surface area contributed by atoms with Crippen LogP contribution in [0.1, 0.15) is 21.6 Å². The molecule has 0 spiro atoms. The van der Waals surface area contributed by atoms with Crippen LogP contribution in [0.2, 0.25) is 0 Å². The van der Waals surface area contributed by atoms with E-state index in [1.165, 1.54) is 0 Å². The summed E-state index contributed by atoms with van der Waals surface area (Å²) in [6.45, 7) is 2.57. The predicted molar refractivity (Wildman–Crippen MR) is 73.5 cm³/mol. The van der Waals surface area contributed by atoms with Crippen molar-refractivity contribution in [3.63, 3.8) is 0 Å². The van der Waals surface area contributed by atoms with E-state index in [0.717, 1.165) is 17.7 Å². The molecule has 0 aliphatic rings. The van der Waals surface area contributed by atoms with Crippen molar-refractivity contribution in [2.24, 2.45) is 7.05 Å². The zero-order chi connectivity index (χ0) is 13.8. The summed E-state index contributed by atoms with van der Waals surface area (Å²) in [5, 5.41) is 16.5. The van der Waals surface area contributed by atoms with Gasteiger partial charge in [-0.1, -0.05) is 12.1 Å². The number of carboxylic acids is 1. The van der Waals surface area contributed by atoms with Gasteiger partial charge in [0.1, 0.15) is 0 Å². The number of aromatic nitrogens is 2. The van der Waals surface area contributed by atoms with Crippen molar-refractivity contribution in [1.82, 2.24) is 9.78 Å². The molecule has 5 heteroatoms. The fourth-order valence-corrected chi connectivity index (χ4v) is 2.04. The summed E-state index contributed by atoms with van der Waals surface area (Å²) in [7, 11) is 1.89. The standard InChI is InChI=1S/C14H17N3O2/c1-10-4-3-5-12(14(18)19)13(10)15-8-6-11-7-9-16-17(11)2/h3-5,7,9,15H,6,8H2,1-2H3,(H,18,19). The number of hydrogen-bond donors (Lipinski definition) is 2. The van der Waals surface area contributed by atoms with Crippen molar-refractivity contribution in [2.75, 3.05) is 11.9 Å². The lowest BCUT2D eigenvalue weighted by molar-refractivity contribution is 0.0698. The molecule has 0 atom stereocenters. The van der Waals surface area contributed by atoms with E-state index in [-0.39, 0.29) is 0 Å². The highest BCUT2D eigenvalue weighted by Gasteiger charge is 2.11. The molecular weight excluding hydrogens is 242 g/mol. The van der Waals surface area contributed by atoms with Gasteiger partial charge in [0.2, 0.25) is 0 Å². The number of hydrogen-bond acceptors (Lipinski definition) is 3. The fraction of sp³-hybridized carbons (Fsp3) is 0.286. The molecule has 0 bridgehead atoms. The van der Waals surface area contributed by atoms with Crippen molar-refractivity contribution < 1.29 is 9.90 Å². The van der Waals surface area contributed by atoms with Gasteiger partial charge < -0.3 is 10.4 Å². The lowest BCUT2D eigenvalue weighted by Crippen LogP contribution is -2.12. The summed E-state index contributed by atoms with van der Waals surface area (Å²) in [5.74, 6) is -0.910. The number of rotatable bonds is 5. The van der Waals surface area contributed by atoms with Crippen LogP contribution < -0.4 is 5.32 Å². The van der Waals surface area contributed by atoms with Gasteiger partial charge in [-0.25, -0.2) is 4.79 Å². The van der Waals surface area contributed by atoms with Gasteiger partial charge in [0.05, 0.1) is 11.3 Å². The topological polar surface area (TPSA) is 67.2 Å². The van der Waals surface area contributed by atoms with Crippen molar-refractivity contribution >= 4 is 11.7 Å². The third-order valence-electron chi connectivity index (χ3n) is 3.11. The van der Waals surface area contributed by atoms with E-state index in [1.807, 2.05) is 30.8 Å². The third kappa shape index (κ3) is 2.93. The Bertz CT molecular complexity index is 590. The molecule has 5 nitrogen and oxygen atoms in total. The highest BCUT2D eigenvalue weighted by molar-refractivity contribution is 5.95. The normalized spacial score (nSPS) is 10.4. The first-order valence-corrected chi connectivity index (χ1v) is 6.13. The SMILES string of the molecule is Cc1cccc(C(=O)O)c1NCCc1ccnn1C. The van der Waals surface area contributed by atoms with Crippen LogP contribution in [0.3, 0.4) is 0 Å². The summed E-state index contributed by atoms with van der Waals surface area (Å²) < 4.78 is 1.82. The molecule has 0 radical (unpaired) electrons. The number of nitrogens with zero attached hydrogens (tertiary/aromatic N) is 2. The summed E-state index contributed by atoms with van der Waals surface area (Å²) in [6, 6.07) is 7.23. The molecule has 0 amide bonds. The van der Waals surface area contributed by atoms with Crippen LogP contribution in [0.25, 0.3) is 0 Å². The molecule has 19 heavy (non-hydrogen) atoms. The number of para-hydroxylation sites is 1. The van der Waals surface area contributed by atoms with Crippen molar-refractivity contribution in [3.05, 3.63) is 47.3 Å². The minimum absolute atomic E-state index is 0.310. The Morgan fingerprint density at radius 2 is 2.21 bits per heavy atom. The molecule has 0 saturated heterocycles. The summed E-state index contributed by atoms with van der Waals surface area (Å²) in [4.78, 5) is 11.2. The largest absolute Gasteiger partial charge is 0.478 e. The Labute approximate surface area is 111 Å². The van der Waals surface area contributed by atoms with Crippen molar-refractivity contribution in [1.29, 1.82) is 0 Å². The highest BCUT2D eigenvalue weighted by Crippen LogP contribution is 2.20. The van der Waals surface area contributed by atoms with E-state index in [4.69, 9.17) is 5.11 Å². The van der Waals surface area contributed by atoms with Gasteiger partial charge in [-0.15, -0.1) is 0 Å². The van der Waals surface area contributed by atoms with E-state index in [2.05, 4.69) is 10.4 Å². The van der Waals surface area contributed by atoms with Crippen LogP contribution >= 0.6 is 0 Å². The van der Waals surface area contributed by atoms with Crippen molar-refractivity contribution in [2.45, 2.75) is 13.3 Å². The Morgan fingerprint density at radius 1 is 1.42 bits per heavy atom. The lowest BCUT2D eigenvalue weighted by Gasteiger charge is -2.12. The third-order valence-corrected chi connectivity index (χ3v) is 3.11. The predicted octanol–water partition coefficient (Wildman–Crippen LogP) is 2.08. The van der Waals surface area contributed by atoms with E-state index in [1.54, 1.807) is 18.3 Å². The second-order valence-corrected chi connectivity index (χ2v) is 4.43. The monoisotopic (exact) mass is 259 g/mol. The maximum Gasteiger partial charge on any atom is 0.337 e. The first-order chi connectivity index (χ1) is 9.09. The van der Waals surface area contributed by atoms with Crippen LogP contribution in [0, 0.1) is 6.92 Å². The Morgan fingerprint density at radius 3 is 2.84 bits per heavy atom. The molecule has 2 rings (SSSR count). The Kier molecular flexibility index (Phi) is 3.85. The number of nitrogens with one attached hydrogen (secondary N) is 1. The molecular formula is C14H17N3O2. The number of anilines is 1. The maximum absolute atomic E-state index is 11.2. The van der Waals surface area contributed by atoms with Gasteiger partial charge in [0.15, 0.2) is 0 Å². The van der Waals surface area contributed by atoms with E-state index >= 15 is 0 Å². The number of carbonyl (C=O) groups is 1. The highest BCUT2D eigenvalue weighted by atomic mass is 16.4. The number of aryl methyl sites for hydroxylation is 2. The molecule has 1 aromatic heterocycles. The number of carboxylic acid groups (broad SMARTS) is 1. The molecule has 2 N–H and O–H groups in total.